The fourth-order valence-electron chi connectivity index (χ4n) is 4.03. The van der Waals surface area contributed by atoms with Gasteiger partial charge in [0.2, 0.25) is 5.88 Å². The van der Waals surface area contributed by atoms with Gasteiger partial charge in [-0.1, -0.05) is 23.8 Å². The Morgan fingerprint density at radius 3 is 2.79 bits per heavy atom. The molecule has 0 fully saturated rings. The molecule has 0 bridgehead atoms. The first-order valence-corrected chi connectivity index (χ1v) is 10.6. The lowest BCUT2D eigenvalue weighted by atomic mass is 9.87. The summed E-state index contributed by atoms with van der Waals surface area (Å²) in [5, 5.41) is 12.5. The van der Waals surface area contributed by atoms with Gasteiger partial charge in [-0.2, -0.15) is 13.2 Å². The number of likely N-dealkylation sites (N-methyl/N-ethyl adjacent to an activating group) is 1. The van der Waals surface area contributed by atoms with E-state index in [1.165, 1.54) is 24.3 Å². The standard InChI is InChI=1S/C24H25F3N4O2/c1-31-14-28-20(17-8-9-21(24(25,26)27)30-23(17)33-2)13-22(31)29-19-5-3-4-16-7-6-15(10-11-32)12-18(16)19/h3-5,8-10,13,28,32H,6-7,11-12,14H2,1-2H3/b15-10-,29-22?. The van der Waals surface area contributed by atoms with E-state index in [0.717, 1.165) is 36.6 Å². The molecule has 1 aromatic heterocycles. The van der Waals surface area contributed by atoms with Gasteiger partial charge in [0.1, 0.15) is 11.5 Å². The average molecular weight is 458 g/mol. The Labute approximate surface area is 190 Å². The number of benzene rings is 1. The molecule has 33 heavy (non-hydrogen) atoms. The molecule has 2 aliphatic rings. The third kappa shape index (κ3) is 4.88. The molecule has 0 amide bonds. The summed E-state index contributed by atoms with van der Waals surface area (Å²) in [5.74, 6) is 0.556. The van der Waals surface area contributed by atoms with E-state index < -0.39 is 11.9 Å². The summed E-state index contributed by atoms with van der Waals surface area (Å²) in [4.78, 5) is 10.4. The Morgan fingerprint density at radius 2 is 2.06 bits per heavy atom. The lowest BCUT2D eigenvalue weighted by Gasteiger charge is -2.28. The minimum Gasteiger partial charge on any atom is -0.480 e. The number of nitrogens with zero attached hydrogens (tertiary/aromatic N) is 3. The lowest BCUT2D eigenvalue weighted by molar-refractivity contribution is -0.141. The molecular formula is C24H25F3N4O2. The molecule has 1 aromatic carbocycles. The Bertz CT molecular complexity index is 1140. The molecule has 0 unspecified atom stereocenters. The van der Waals surface area contributed by atoms with Crippen LogP contribution in [0.4, 0.5) is 18.9 Å². The summed E-state index contributed by atoms with van der Waals surface area (Å²) in [6.07, 6.45) is 1.63. The second kappa shape index (κ2) is 9.27. The quantitative estimate of drug-likeness (QED) is 0.676. The van der Waals surface area contributed by atoms with Crippen molar-refractivity contribution < 1.29 is 23.0 Å². The summed E-state index contributed by atoms with van der Waals surface area (Å²) >= 11 is 0. The van der Waals surface area contributed by atoms with Crippen LogP contribution in [0.2, 0.25) is 0 Å². The number of pyridine rings is 1. The van der Waals surface area contributed by atoms with Crippen LogP contribution in [0.1, 0.15) is 28.8 Å². The van der Waals surface area contributed by atoms with Gasteiger partial charge in [-0.25, -0.2) is 9.98 Å². The monoisotopic (exact) mass is 458 g/mol. The number of nitrogens with one attached hydrogen (secondary N) is 1. The molecule has 0 radical (unpaired) electrons. The first-order valence-electron chi connectivity index (χ1n) is 10.6. The molecule has 0 saturated carbocycles. The van der Waals surface area contributed by atoms with Crippen molar-refractivity contribution in [2.45, 2.75) is 25.4 Å². The molecule has 2 heterocycles. The number of fused-ring (bicyclic) bond motifs is 1. The van der Waals surface area contributed by atoms with Crippen LogP contribution >= 0.6 is 0 Å². The molecule has 1 aliphatic heterocycles. The van der Waals surface area contributed by atoms with E-state index in [1.54, 1.807) is 6.08 Å². The molecule has 0 atom stereocenters. The number of halogens is 3. The van der Waals surface area contributed by atoms with Crippen LogP contribution in [0.3, 0.4) is 0 Å². The molecule has 2 aromatic rings. The van der Waals surface area contributed by atoms with E-state index in [2.05, 4.69) is 16.4 Å². The predicted molar refractivity (Wildman–Crippen MR) is 120 cm³/mol. The van der Waals surface area contributed by atoms with Crippen molar-refractivity contribution in [2.75, 3.05) is 27.4 Å². The number of ether oxygens (including phenoxy) is 1. The fourth-order valence-corrected chi connectivity index (χ4v) is 4.03. The Hall–Kier alpha value is -3.33. The number of aromatic nitrogens is 1. The number of alkyl halides is 3. The minimum atomic E-state index is -4.55. The van der Waals surface area contributed by atoms with Crippen LogP contribution in [0.25, 0.3) is 5.70 Å². The van der Waals surface area contributed by atoms with Crippen LogP contribution in [0.5, 0.6) is 5.88 Å². The first-order chi connectivity index (χ1) is 15.8. The van der Waals surface area contributed by atoms with Crippen LogP contribution in [0, 0.1) is 0 Å². The Kier molecular flexibility index (Phi) is 6.42. The first kappa shape index (κ1) is 22.8. The van der Waals surface area contributed by atoms with Crippen molar-refractivity contribution in [1.29, 1.82) is 0 Å². The highest BCUT2D eigenvalue weighted by Crippen LogP contribution is 2.34. The van der Waals surface area contributed by atoms with Gasteiger partial charge in [0.15, 0.2) is 0 Å². The predicted octanol–water partition coefficient (Wildman–Crippen LogP) is 4.08. The van der Waals surface area contributed by atoms with E-state index in [1.807, 2.05) is 30.2 Å². The van der Waals surface area contributed by atoms with Crippen LogP contribution in [-0.4, -0.2) is 48.3 Å². The largest absolute Gasteiger partial charge is 0.480 e. The zero-order chi connectivity index (χ0) is 23.6. The van der Waals surface area contributed by atoms with Crippen molar-refractivity contribution in [2.24, 2.45) is 4.99 Å². The number of hydrogen-bond acceptors (Lipinski definition) is 5. The molecule has 174 valence electrons. The van der Waals surface area contributed by atoms with Crippen molar-refractivity contribution in [3.05, 3.63) is 70.4 Å². The molecule has 1 aliphatic carbocycles. The van der Waals surface area contributed by atoms with Gasteiger partial charge in [-0.05, 0) is 48.6 Å². The highest BCUT2D eigenvalue weighted by molar-refractivity contribution is 6.02. The fraction of sp³-hybridized carbons (Fsp3) is 0.333. The van der Waals surface area contributed by atoms with E-state index in [0.29, 0.717) is 23.8 Å². The molecule has 2 N–H and O–H groups in total. The van der Waals surface area contributed by atoms with Gasteiger partial charge < -0.3 is 20.1 Å². The zero-order valence-electron chi connectivity index (χ0n) is 18.4. The summed E-state index contributed by atoms with van der Waals surface area (Å²) in [6, 6.07) is 8.33. The Balaban J connectivity index is 1.73. The maximum absolute atomic E-state index is 13.1. The molecular weight excluding hydrogens is 433 g/mol. The van der Waals surface area contributed by atoms with E-state index in [4.69, 9.17) is 9.73 Å². The van der Waals surface area contributed by atoms with E-state index in [9.17, 15) is 18.3 Å². The molecule has 6 nitrogen and oxygen atoms in total. The summed E-state index contributed by atoms with van der Waals surface area (Å²) in [6.45, 7) is 0.435. The molecule has 9 heteroatoms. The van der Waals surface area contributed by atoms with E-state index in [-0.39, 0.29) is 12.5 Å². The number of hydrogen-bond donors (Lipinski definition) is 2. The number of aliphatic hydroxyl groups is 1. The topological polar surface area (TPSA) is 70.0 Å². The molecule has 4 rings (SSSR count). The SMILES string of the molecule is COc1nc(C(F)(F)F)ccc1C1=CC(=Nc2cccc3c2C/C(=C\CO)CC3)N(C)CN1. The van der Waals surface area contributed by atoms with Crippen molar-refractivity contribution in [3.8, 4) is 5.88 Å². The number of aliphatic imine (C=N–C) groups is 1. The number of amidine groups is 1. The summed E-state index contributed by atoms with van der Waals surface area (Å²) in [7, 11) is 3.18. The van der Waals surface area contributed by atoms with E-state index >= 15 is 0 Å². The Morgan fingerprint density at radius 1 is 1.24 bits per heavy atom. The van der Waals surface area contributed by atoms with Crippen LogP contribution in [-0.2, 0) is 19.0 Å². The van der Waals surface area contributed by atoms with Gasteiger partial charge >= 0.3 is 6.18 Å². The maximum atomic E-state index is 13.1. The number of allylic oxidation sites excluding steroid dienone is 1. The average Bonchev–Trinajstić information content (AvgIpc) is 2.80. The molecule has 0 saturated heterocycles. The molecule has 0 spiro atoms. The van der Waals surface area contributed by atoms with Gasteiger partial charge in [0, 0.05) is 13.1 Å². The third-order valence-electron chi connectivity index (χ3n) is 5.79. The van der Waals surface area contributed by atoms with Gasteiger partial charge in [0.25, 0.3) is 0 Å². The van der Waals surface area contributed by atoms with Crippen molar-refractivity contribution in [1.82, 2.24) is 15.2 Å². The maximum Gasteiger partial charge on any atom is 0.433 e. The van der Waals surface area contributed by atoms with Crippen LogP contribution in [0.15, 0.2) is 53.0 Å². The summed E-state index contributed by atoms with van der Waals surface area (Å²) < 4.78 is 44.3. The number of rotatable bonds is 4. The highest BCUT2D eigenvalue weighted by Gasteiger charge is 2.33. The lowest BCUT2D eigenvalue weighted by Crippen LogP contribution is -2.39. The third-order valence-corrected chi connectivity index (χ3v) is 5.79. The van der Waals surface area contributed by atoms with Crippen molar-refractivity contribution in [3.63, 3.8) is 0 Å². The number of methoxy groups -OCH3 is 1. The van der Waals surface area contributed by atoms with Gasteiger partial charge in [-0.3, -0.25) is 0 Å². The second-order valence-electron chi connectivity index (χ2n) is 7.95. The zero-order valence-corrected chi connectivity index (χ0v) is 18.4. The van der Waals surface area contributed by atoms with Gasteiger partial charge in [0.05, 0.1) is 37.3 Å². The second-order valence-corrected chi connectivity index (χ2v) is 7.95. The van der Waals surface area contributed by atoms with Crippen molar-refractivity contribution >= 4 is 17.2 Å². The highest BCUT2D eigenvalue weighted by atomic mass is 19.4. The van der Waals surface area contributed by atoms with Gasteiger partial charge in [-0.15, -0.1) is 0 Å². The summed E-state index contributed by atoms with van der Waals surface area (Å²) in [5.41, 5.74) is 4.40. The smallest absolute Gasteiger partial charge is 0.433 e. The van der Waals surface area contributed by atoms with Crippen LogP contribution < -0.4 is 10.1 Å². The minimum absolute atomic E-state index is 0.0187. The number of aliphatic hydroxyl groups excluding tert-OH is 1. The number of aryl methyl sites for hydroxylation is 1. The normalized spacial score (nSPS) is 18.7.